The van der Waals surface area contributed by atoms with Crippen LogP contribution in [0.4, 0.5) is 0 Å². The molecule has 0 aliphatic heterocycles. The lowest BCUT2D eigenvalue weighted by Gasteiger charge is -2.14. The molecule has 0 aromatic carbocycles. The van der Waals surface area contributed by atoms with Crippen molar-refractivity contribution in [1.29, 1.82) is 0 Å². The van der Waals surface area contributed by atoms with Gasteiger partial charge in [0.25, 0.3) is 0 Å². The molecular weight excluding hydrogens is 204 g/mol. The van der Waals surface area contributed by atoms with Gasteiger partial charge in [0.2, 0.25) is 0 Å². The summed E-state index contributed by atoms with van der Waals surface area (Å²) in [6, 6.07) is 0.143. The summed E-state index contributed by atoms with van der Waals surface area (Å²) < 4.78 is 1.92. The normalized spacial score (nSPS) is 13.3. The lowest BCUT2D eigenvalue weighted by atomic mass is 10.2. The molecule has 0 radical (unpaired) electrons. The van der Waals surface area contributed by atoms with Crippen LogP contribution >= 0.6 is 0 Å². The van der Waals surface area contributed by atoms with Crippen LogP contribution in [0.3, 0.4) is 0 Å². The van der Waals surface area contributed by atoms with Crippen molar-refractivity contribution in [2.24, 2.45) is 5.92 Å². The first-order valence-corrected chi connectivity index (χ1v) is 5.88. The Hall–Kier alpha value is -0.940. The zero-order valence-corrected chi connectivity index (χ0v) is 10.3. The predicted molar refractivity (Wildman–Crippen MR) is 62.9 cm³/mol. The summed E-state index contributed by atoms with van der Waals surface area (Å²) in [7, 11) is 0. The molecule has 0 saturated carbocycles. The van der Waals surface area contributed by atoms with Gasteiger partial charge in [-0.2, -0.15) is 5.10 Å². The number of aliphatic hydroxyl groups excluding tert-OH is 1. The Morgan fingerprint density at radius 1 is 1.50 bits per heavy atom. The number of nitrogens with zero attached hydrogens (tertiary/aromatic N) is 3. The second-order valence-electron chi connectivity index (χ2n) is 4.42. The predicted octanol–water partition coefficient (Wildman–Crippen LogP) is 0.795. The molecule has 0 aliphatic carbocycles. The molecule has 0 bridgehead atoms. The van der Waals surface area contributed by atoms with Crippen molar-refractivity contribution in [2.45, 2.75) is 46.3 Å². The fourth-order valence-electron chi connectivity index (χ4n) is 1.50. The molecular formula is C11H22N4O. The number of rotatable bonds is 7. The average molecular weight is 226 g/mol. The van der Waals surface area contributed by atoms with Crippen molar-refractivity contribution in [3.63, 3.8) is 0 Å². The van der Waals surface area contributed by atoms with E-state index in [2.05, 4.69) is 29.2 Å². The first-order valence-electron chi connectivity index (χ1n) is 5.88. The Morgan fingerprint density at radius 2 is 2.25 bits per heavy atom. The number of hydrogen-bond acceptors (Lipinski definition) is 4. The molecule has 5 heteroatoms. The quantitative estimate of drug-likeness (QED) is 0.721. The SMILES string of the molecule is CCC(CO)NCc1ncnn1CC(C)C. The summed E-state index contributed by atoms with van der Waals surface area (Å²) in [6.45, 7) is 8.06. The van der Waals surface area contributed by atoms with E-state index in [0.29, 0.717) is 12.5 Å². The first kappa shape index (κ1) is 13.1. The van der Waals surface area contributed by atoms with Crippen molar-refractivity contribution in [3.05, 3.63) is 12.2 Å². The topological polar surface area (TPSA) is 63.0 Å². The summed E-state index contributed by atoms with van der Waals surface area (Å²) in [6.07, 6.45) is 2.49. The average Bonchev–Trinajstić information content (AvgIpc) is 2.66. The van der Waals surface area contributed by atoms with Crippen LogP contribution in [0.2, 0.25) is 0 Å². The molecule has 1 aromatic rings. The summed E-state index contributed by atoms with van der Waals surface area (Å²) in [5.74, 6) is 1.49. The summed E-state index contributed by atoms with van der Waals surface area (Å²) in [5.41, 5.74) is 0. The molecule has 0 amide bonds. The highest BCUT2D eigenvalue weighted by Crippen LogP contribution is 2.01. The van der Waals surface area contributed by atoms with Gasteiger partial charge in [-0.25, -0.2) is 9.67 Å². The number of aromatic nitrogens is 3. The molecule has 1 unspecified atom stereocenters. The van der Waals surface area contributed by atoms with Gasteiger partial charge in [-0.05, 0) is 12.3 Å². The lowest BCUT2D eigenvalue weighted by Crippen LogP contribution is -2.32. The Bertz CT molecular complexity index is 294. The van der Waals surface area contributed by atoms with E-state index in [1.54, 1.807) is 6.33 Å². The lowest BCUT2D eigenvalue weighted by molar-refractivity contribution is 0.236. The summed E-state index contributed by atoms with van der Waals surface area (Å²) in [5, 5.41) is 16.5. The molecule has 5 nitrogen and oxygen atoms in total. The minimum absolute atomic E-state index is 0.143. The van der Waals surface area contributed by atoms with Crippen molar-refractivity contribution < 1.29 is 5.11 Å². The van der Waals surface area contributed by atoms with Crippen LogP contribution in [0.5, 0.6) is 0 Å². The summed E-state index contributed by atoms with van der Waals surface area (Å²) >= 11 is 0. The monoisotopic (exact) mass is 226 g/mol. The number of aliphatic hydroxyl groups is 1. The molecule has 1 aromatic heterocycles. The van der Waals surface area contributed by atoms with E-state index in [9.17, 15) is 0 Å². The zero-order valence-electron chi connectivity index (χ0n) is 10.3. The maximum atomic E-state index is 9.06. The third-order valence-electron chi connectivity index (χ3n) is 2.50. The van der Waals surface area contributed by atoms with Crippen molar-refractivity contribution in [1.82, 2.24) is 20.1 Å². The zero-order chi connectivity index (χ0) is 12.0. The van der Waals surface area contributed by atoms with E-state index in [1.807, 2.05) is 11.6 Å². The van der Waals surface area contributed by atoms with E-state index in [4.69, 9.17) is 5.11 Å². The molecule has 1 rings (SSSR count). The fourth-order valence-corrected chi connectivity index (χ4v) is 1.50. The smallest absolute Gasteiger partial charge is 0.140 e. The van der Waals surface area contributed by atoms with Crippen molar-refractivity contribution in [2.75, 3.05) is 6.61 Å². The van der Waals surface area contributed by atoms with Crippen LogP contribution in [0.15, 0.2) is 6.33 Å². The standard InChI is InChI=1S/C11H22N4O/c1-4-10(7-16)12-5-11-13-8-14-15(11)6-9(2)3/h8-10,12,16H,4-7H2,1-3H3. The van der Waals surface area contributed by atoms with E-state index in [1.165, 1.54) is 0 Å². The molecule has 1 atom stereocenters. The second-order valence-corrected chi connectivity index (χ2v) is 4.42. The van der Waals surface area contributed by atoms with Gasteiger partial charge in [-0.15, -0.1) is 0 Å². The molecule has 2 N–H and O–H groups in total. The minimum atomic E-state index is 0.143. The van der Waals surface area contributed by atoms with E-state index in [0.717, 1.165) is 18.8 Å². The van der Waals surface area contributed by atoms with Crippen LogP contribution in [-0.4, -0.2) is 32.5 Å². The van der Waals surface area contributed by atoms with Gasteiger partial charge in [-0.1, -0.05) is 20.8 Å². The maximum absolute atomic E-state index is 9.06. The van der Waals surface area contributed by atoms with E-state index >= 15 is 0 Å². The Labute approximate surface area is 96.9 Å². The molecule has 0 fully saturated rings. The number of nitrogens with one attached hydrogen (secondary N) is 1. The van der Waals surface area contributed by atoms with Crippen LogP contribution in [0.25, 0.3) is 0 Å². The van der Waals surface area contributed by atoms with Gasteiger partial charge < -0.3 is 10.4 Å². The Kier molecular flexibility index (Phi) is 5.42. The highest BCUT2D eigenvalue weighted by molar-refractivity contribution is 4.85. The minimum Gasteiger partial charge on any atom is -0.395 e. The molecule has 1 heterocycles. The van der Waals surface area contributed by atoms with Crippen molar-refractivity contribution in [3.8, 4) is 0 Å². The Balaban J connectivity index is 2.50. The van der Waals surface area contributed by atoms with Gasteiger partial charge in [0.1, 0.15) is 12.2 Å². The van der Waals surface area contributed by atoms with Crippen LogP contribution < -0.4 is 5.32 Å². The van der Waals surface area contributed by atoms with Crippen LogP contribution in [-0.2, 0) is 13.1 Å². The van der Waals surface area contributed by atoms with Gasteiger partial charge in [0, 0.05) is 12.6 Å². The second kappa shape index (κ2) is 6.60. The summed E-state index contributed by atoms with van der Waals surface area (Å²) in [4.78, 5) is 4.22. The van der Waals surface area contributed by atoms with Gasteiger partial charge in [0.15, 0.2) is 0 Å². The fraction of sp³-hybridized carbons (Fsp3) is 0.818. The molecule has 92 valence electrons. The van der Waals surface area contributed by atoms with E-state index < -0.39 is 0 Å². The largest absolute Gasteiger partial charge is 0.395 e. The van der Waals surface area contributed by atoms with Crippen molar-refractivity contribution >= 4 is 0 Å². The maximum Gasteiger partial charge on any atom is 0.140 e. The number of hydrogen-bond donors (Lipinski definition) is 2. The third-order valence-corrected chi connectivity index (χ3v) is 2.50. The van der Waals surface area contributed by atoms with Gasteiger partial charge in [-0.3, -0.25) is 0 Å². The van der Waals surface area contributed by atoms with Gasteiger partial charge in [0.05, 0.1) is 13.2 Å². The van der Waals surface area contributed by atoms with Crippen LogP contribution in [0, 0.1) is 5.92 Å². The van der Waals surface area contributed by atoms with Crippen LogP contribution in [0.1, 0.15) is 33.0 Å². The van der Waals surface area contributed by atoms with Gasteiger partial charge >= 0.3 is 0 Å². The third kappa shape index (κ3) is 3.90. The Morgan fingerprint density at radius 3 is 2.81 bits per heavy atom. The first-order chi connectivity index (χ1) is 7.67. The molecule has 0 spiro atoms. The van der Waals surface area contributed by atoms with E-state index in [-0.39, 0.29) is 12.6 Å². The highest BCUT2D eigenvalue weighted by atomic mass is 16.3. The molecule has 16 heavy (non-hydrogen) atoms. The highest BCUT2D eigenvalue weighted by Gasteiger charge is 2.08. The molecule has 0 saturated heterocycles. The molecule has 0 aliphatic rings.